The van der Waals surface area contributed by atoms with Crippen molar-refractivity contribution in [2.24, 2.45) is 0 Å². The van der Waals surface area contributed by atoms with Crippen LogP contribution in [0.25, 0.3) is 0 Å². The van der Waals surface area contributed by atoms with Crippen molar-refractivity contribution in [2.45, 2.75) is 24.2 Å². The summed E-state index contributed by atoms with van der Waals surface area (Å²) in [5, 5.41) is 4.27. The molecule has 1 aromatic rings. The molecule has 0 aromatic heterocycles. The molecule has 0 spiro atoms. The fourth-order valence-electron chi connectivity index (χ4n) is 2.30. The molecule has 0 saturated carbocycles. The second-order valence-corrected chi connectivity index (χ2v) is 6.87. The van der Waals surface area contributed by atoms with Crippen LogP contribution in [-0.2, 0) is 25.5 Å². The standard InChI is InChI=1S/C17H20O4S/c1-12(17(19)21-3)13-6-7-15(22-8-4-5-9-22)14(10-13)11-16(18)20-2/h4-10,12,22H,11H2,1-3H3. The number of carbonyl (C=O) groups excluding carboxylic acids is 2. The van der Waals surface area contributed by atoms with E-state index < -0.39 is 10.9 Å². The normalized spacial score (nSPS) is 15.7. The van der Waals surface area contributed by atoms with Gasteiger partial charge >= 0.3 is 11.9 Å². The third-order valence-corrected chi connectivity index (χ3v) is 5.58. The predicted octanol–water partition coefficient (Wildman–Crippen LogP) is 3.08. The fraction of sp³-hybridized carbons (Fsp3) is 0.294. The Morgan fingerprint density at radius 3 is 2.41 bits per heavy atom. The van der Waals surface area contributed by atoms with Crippen LogP contribution in [0.2, 0.25) is 0 Å². The van der Waals surface area contributed by atoms with Crippen LogP contribution >= 0.6 is 10.9 Å². The lowest BCUT2D eigenvalue weighted by atomic mass is 9.98. The van der Waals surface area contributed by atoms with Gasteiger partial charge in [-0.3, -0.25) is 9.59 Å². The summed E-state index contributed by atoms with van der Waals surface area (Å²) in [6, 6.07) is 5.84. The monoisotopic (exact) mass is 320 g/mol. The Balaban J connectivity index is 2.38. The Morgan fingerprint density at radius 2 is 1.82 bits per heavy atom. The van der Waals surface area contributed by atoms with Crippen molar-refractivity contribution in [3.63, 3.8) is 0 Å². The molecule has 1 aliphatic rings. The van der Waals surface area contributed by atoms with Crippen molar-refractivity contribution < 1.29 is 19.1 Å². The molecule has 0 aliphatic carbocycles. The summed E-state index contributed by atoms with van der Waals surface area (Å²) in [7, 11) is 2.22. The van der Waals surface area contributed by atoms with Crippen LogP contribution in [0.4, 0.5) is 0 Å². The number of ether oxygens (including phenoxy) is 2. The fourth-order valence-corrected chi connectivity index (χ4v) is 4.02. The molecule has 1 unspecified atom stereocenters. The maximum atomic E-state index is 11.7. The van der Waals surface area contributed by atoms with Gasteiger partial charge in [0.1, 0.15) is 0 Å². The van der Waals surface area contributed by atoms with Crippen LogP contribution < -0.4 is 0 Å². The number of methoxy groups -OCH3 is 2. The van der Waals surface area contributed by atoms with Gasteiger partial charge in [0.15, 0.2) is 0 Å². The highest BCUT2D eigenvalue weighted by Crippen LogP contribution is 2.44. The van der Waals surface area contributed by atoms with E-state index in [1.807, 2.05) is 30.4 Å². The Labute approximate surface area is 133 Å². The predicted molar refractivity (Wildman–Crippen MR) is 88.1 cm³/mol. The minimum Gasteiger partial charge on any atom is -0.469 e. The SMILES string of the molecule is COC(=O)Cc1cc(C(C)C(=O)OC)ccc1[SH]1C=CC=C1. The molecule has 4 nitrogen and oxygen atoms in total. The number of hydrogen-bond donors (Lipinski definition) is 1. The smallest absolute Gasteiger partial charge is 0.312 e. The number of hydrogen-bond acceptors (Lipinski definition) is 4. The number of benzene rings is 1. The summed E-state index contributed by atoms with van der Waals surface area (Å²) in [5.41, 5.74) is 1.75. The highest BCUT2D eigenvalue weighted by Gasteiger charge is 2.19. The van der Waals surface area contributed by atoms with Crippen molar-refractivity contribution in [1.82, 2.24) is 0 Å². The minimum absolute atomic E-state index is 0.202. The first-order valence-corrected chi connectivity index (χ1v) is 8.45. The lowest BCUT2D eigenvalue weighted by molar-refractivity contribution is -0.142. The number of carbonyl (C=O) groups is 2. The molecule has 0 amide bonds. The molecule has 0 saturated heterocycles. The van der Waals surface area contributed by atoms with Crippen molar-refractivity contribution in [2.75, 3.05) is 14.2 Å². The van der Waals surface area contributed by atoms with Crippen LogP contribution in [0.5, 0.6) is 0 Å². The van der Waals surface area contributed by atoms with Gasteiger partial charge in [0.25, 0.3) is 0 Å². The van der Waals surface area contributed by atoms with E-state index in [0.29, 0.717) is 0 Å². The number of thiol groups is 1. The van der Waals surface area contributed by atoms with Crippen LogP contribution in [-0.4, -0.2) is 26.2 Å². The van der Waals surface area contributed by atoms with Gasteiger partial charge < -0.3 is 9.47 Å². The van der Waals surface area contributed by atoms with Gasteiger partial charge in [-0.15, -0.1) is 0 Å². The van der Waals surface area contributed by atoms with Gasteiger partial charge in [-0.05, 0) is 39.8 Å². The molecule has 0 N–H and O–H groups in total. The van der Waals surface area contributed by atoms with E-state index in [4.69, 9.17) is 9.47 Å². The largest absolute Gasteiger partial charge is 0.469 e. The van der Waals surface area contributed by atoms with E-state index in [2.05, 4.69) is 10.8 Å². The van der Waals surface area contributed by atoms with E-state index in [-0.39, 0.29) is 24.3 Å². The maximum absolute atomic E-state index is 11.7. The summed E-state index contributed by atoms with van der Waals surface area (Å²) in [5.74, 6) is -0.938. The van der Waals surface area contributed by atoms with E-state index in [0.717, 1.165) is 16.0 Å². The van der Waals surface area contributed by atoms with Gasteiger partial charge in [-0.1, -0.05) is 24.3 Å². The molecule has 22 heavy (non-hydrogen) atoms. The third kappa shape index (κ3) is 3.60. The summed E-state index contributed by atoms with van der Waals surface area (Å²) in [6.07, 6.45) is 4.23. The number of esters is 2. The summed E-state index contributed by atoms with van der Waals surface area (Å²) in [6.45, 7) is 1.80. The molecule has 5 heteroatoms. The highest BCUT2D eigenvalue weighted by molar-refractivity contribution is 8.22. The number of rotatable bonds is 5. The van der Waals surface area contributed by atoms with Gasteiger partial charge in [-0.2, -0.15) is 10.9 Å². The Morgan fingerprint density at radius 1 is 1.14 bits per heavy atom. The Hall–Kier alpha value is -2.01. The average molecular weight is 320 g/mol. The van der Waals surface area contributed by atoms with Crippen molar-refractivity contribution >= 4 is 22.8 Å². The molecule has 0 radical (unpaired) electrons. The second kappa shape index (κ2) is 7.31. The molecule has 1 atom stereocenters. The summed E-state index contributed by atoms with van der Waals surface area (Å²) in [4.78, 5) is 24.5. The molecule has 1 aliphatic heterocycles. The molecular formula is C17H20O4S. The quantitative estimate of drug-likeness (QED) is 0.669. The summed E-state index contributed by atoms with van der Waals surface area (Å²) < 4.78 is 9.57. The first-order valence-electron chi connectivity index (χ1n) is 6.97. The average Bonchev–Trinajstić information content (AvgIpc) is 3.07. The van der Waals surface area contributed by atoms with Gasteiger partial charge in [0.05, 0.1) is 26.6 Å². The first kappa shape index (κ1) is 16.4. The van der Waals surface area contributed by atoms with Gasteiger partial charge in [0, 0.05) is 0 Å². The highest BCUT2D eigenvalue weighted by atomic mass is 32.2. The van der Waals surface area contributed by atoms with Crippen molar-refractivity contribution in [1.29, 1.82) is 0 Å². The number of allylic oxidation sites excluding steroid dienone is 2. The lowest BCUT2D eigenvalue weighted by Crippen LogP contribution is -2.12. The maximum Gasteiger partial charge on any atom is 0.312 e. The topological polar surface area (TPSA) is 52.6 Å². The lowest BCUT2D eigenvalue weighted by Gasteiger charge is -2.18. The zero-order valence-corrected chi connectivity index (χ0v) is 13.8. The van der Waals surface area contributed by atoms with Crippen LogP contribution in [0, 0.1) is 0 Å². The molecule has 1 aromatic carbocycles. The minimum atomic E-state index is -0.532. The van der Waals surface area contributed by atoms with Crippen LogP contribution in [0.1, 0.15) is 24.0 Å². The molecule has 118 valence electrons. The van der Waals surface area contributed by atoms with E-state index in [9.17, 15) is 9.59 Å². The Bertz CT molecular complexity index is 622. The third-order valence-electron chi connectivity index (χ3n) is 3.60. The first-order chi connectivity index (χ1) is 10.6. The zero-order chi connectivity index (χ0) is 16.1. The van der Waals surface area contributed by atoms with Gasteiger partial charge in [-0.25, -0.2) is 0 Å². The van der Waals surface area contributed by atoms with Gasteiger partial charge in [0.2, 0.25) is 0 Å². The molecule has 0 bridgehead atoms. The van der Waals surface area contributed by atoms with Crippen molar-refractivity contribution in [3.05, 3.63) is 52.3 Å². The van der Waals surface area contributed by atoms with Crippen molar-refractivity contribution in [3.8, 4) is 0 Å². The van der Waals surface area contributed by atoms with E-state index in [1.165, 1.54) is 14.2 Å². The molecule has 2 rings (SSSR count). The molecule has 1 heterocycles. The summed E-state index contributed by atoms with van der Waals surface area (Å²) >= 11 is 0. The second-order valence-electron chi connectivity index (χ2n) is 4.98. The van der Waals surface area contributed by atoms with E-state index >= 15 is 0 Å². The van der Waals surface area contributed by atoms with Crippen LogP contribution in [0.3, 0.4) is 0 Å². The zero-order valence-electron chi connectivity index (χ0n) is 12.9. The molecule has 0 fully saturated rings. The van der Waals surface area contributed by atoms with Crippen LogP contribution in [0.15, 0.2) is 46.1 Å². The molecular weight excluding hydrogens is 300 g/mol. The van der Waals surface area contributed by atoms with E-state index in [1.54, 1.807) is 6.92 Å². The Kier molecular flexibility index (Phi) is 5.44.